The van der Waals surface area contributed by atoms with Gasteiger partial charge in [-0.15, -0.1) is 0 Å². The molecule has 1 amide bonds. The van der Waals surface area contributed by atoms with Gasteiger partial charge in [0.25, 0.3) is 0 Å². The van der Waals surface area contributed by atoms with Gasteiger partial charge in [0.1, 0.15) is 0 Å². The number of aryl methyl sites for hydroxylation is 1. The van der Waals surface area contributed by atoms with E-state index < -0.39 is 0 Å². The second kappa shape index (κ2) is 6.01. The molecule has 1 aromatic rings. The molecule has 1 atom stereocenters. The third kappa shape index (κ3) is 3.33. The fourth-order valence-corrected chi connectivity index (χ4v) is 2.42. The molecule has 1 saturated heterocycles. The van der Waals surface area contributed by atoms with Crippen LogP contribution < -0.4 is 5.32 Å². The SMILES string of the molecule is Cc1ccc(CNC(=O)C2CCCCN2C)cc1. The topological polar surface area (TPSA) is 32.3 Å². The van der Waals surface area contributed by atoms with E-state index in [4.69, 9.17) is 0 Å². The van der Waals surface area contributed by atoms with Gasteiger partial charge >= 0.3 is 0 Å². The Morgan fingerprint density at radius 2 is 2.06 bits per heavy atom. The van der Waals surface area contributed by atoms with Gasteiger partial charge in [-0.3, -0.25) is 9.69 Å². The monoisotopic (exact) mass is 246 g/mol. The molecular weight excluding hydrogens is 224 g/mol. The second-order valence-corrected chi connectivity index (χ2v) is 5.20. The molecule has 0 saturated carbocycles. The summed E-state index contributed by atoms with van der Waals surface area (Å²) < 4.78 is 0. The number of carbonyl (C=O) groups excluding carboxylic acids is 1. The van der Waals surface area contributed by atoms with Gasteiger partial charge in [-0.25, -0.2) is 0 Å². The van der Waals surface area contributed by atoms with Gasteiger partial charge in [0.05, 0.1) is 6.04 Å². The maximum Gasteiger partial charge on any atom is 0.237 e. The first-order valence-corrected chi connectivity index (χ1v) is 6.70. The predicted molar refractivity (Wildman–Crippen MR) is 73.3 cm³/mol. The maximum atomic E-state index is 12.1. The molecule has 3 heteroatoms. The molecular formula is C15H22N2O. The zero-order chi connectivity index (χ0) is 13.0. The Bertz CT molecular complexity index is 399. The standard InChI is InChI=1S/C15H22N2O/c1-12-6-8-13(9-7-12)11-16-15(18)14-5-3-4-10-17(14)2/h6-9,14H,3-5,10-11H2,1-2H3,(H,16,18). The van der Waals surface area contributed by atoms with Gasteiger partial charge in [0.2, 0.25) is 5.91 Å². The minimum atomic E-state index is 0.0594. The van der Waals surface area contributed by atoms with Crippen molar-refractivity contribution >= 4 is 5.91 Å². The van der Waals surface area contributed by atoms with E-state index in [2.05, 4.69) is 41.4 Å². The third-order valence-corrected chi connectivity index (χ3v) is 3.66. The molecule has 98 valence electrons. The Morgan fingerprint density at radius 1 is 1.33 bits per heavy atom. The molecule has 1 aliphatic heterocycles. The quantitative estimate of drug-likeness (QED) is 0.885. The van der Waals surface area contributed by atoms with Gasteiger partial charge in [-0.1, -0.05) is 36.2 Å². The summed E-state index contributed by atoms with van der Waals surface area (Å²) in [5.41, 5.74) is 2.41. The minimum Gasteiger partial charge on any atom is -0.351 e. The lowest BCUT2D eigenvalue weighted by Crippen LogP contribution is -2.47. The molecule has 3 nitrogen and oxygen atoms in total. The highest BCUT2D eigenvalue weighted by molar-refractivity contribution is 5.81. The molecule has 1 aliphatic rings. The summed E-state index contributed by atoms with van der Waals surface area (Å²) in [5, 5.41) is 3.04. The van der Waals surface area contributed by atoms with Crippen LogP contribution in [0.25, 0.3) is 0 Å². The predicted octanol–water partition coefficient (Wildman–Crippen LogP) is 2.10. The van der Waals surface area contributed by atoms with E-state index in [0.717, 1.165) is 24.9 Å². The fourth-order valence-electron chi connectivity index (χ4n) is 2.42. The number of hydrogen-bond donors (Lipinski definition) is 1. The molecule has 0 aliphatic carbocycles. The van der Waals surface area contributed by atoms with Crippen LogP contribution in [0.4, 0.5) is 0 Å². The number of likely N-dealkylation sites (tertiary alicyclic amines) is 1. The normalized spacial score (nSPS) is 20.7. The molecule has 0 aromatic heterocycles. The number of nitrogens with zero attached hydrogens (tertiary/aromatic N) is 1. The highest BCUT2D eigenvalue weighted by Gasteiger charge is 2.25. The summed E-state index contributed by atoms with van der Waals surface area (Å²) in [6.45, 7) is 3.73. The summed E-state index contributed by atoms with van der Waals surface area (Å²) in [6, 6.07) is 8.35. The molecule has 0 bridgehead atoms. The van der Waals surface area contributed by atoms with Crippen LogP contribution >= 0.6 is 0 Å². The smallest absolute Gasteiger partial charge is 0.237 e. The molecule has 0 radical (unpaired) electrons. The van der Waals surface area contributed by atoms with E-state index >= 15 is 0 Å². The van der Waals surface area contributed by atoms with Crippen LogP contribution in [0.15, 0.2) is 24.3 Å². The summed E-state index contributed by atoms with van der Waals surface area (Å²) >= 11 is 0. The number of likely N-dealkylation sites (N-methyl/N-ethyl adjacent to an activating group) is 1. The van der Waals surface area contributed by atoms with Gasteiger partial charge < -0.3 is 5.32 Å². The average molecular weight is 246 g/mol. The number of rotatable bonds is 3. The lowest BCUT2D eigenvalue weighted by Gasteiger charge is -2.31. The van der Waals surface area contributed by atoms with E-state index in [1.807, 2.05) is 7.05 Å². The van der Waals surface area contributed by atoms with Crippen molar-refractivity contribution < 1.29 is 4.79 Å². The first-order chi connectivity index (χ1) is 8.66. The lowest BCUT2D eigenvalue weighted by atomic mass is 10.0. The highest BCUT2D eigenvalue weighted by Crippen LogP contribution is 2.15. The number of carbonyl (C=O) groups is 1. The number of amides is 1. The van der Waals surface area contributed by atoms with Crippen molar-refractivity contribution in [1.82, 2.24) is 10.2 Å². The van der Waals surface area contributed by atoms with Crippen molar-refractivity contribution in [2.45, 2.75) is 38.8 Å². The number of nitrogens with one attached hydrogen (secondary N) is 1. The van der Waals surface area contributed by atoms with E-state index in [1.165, 1.54) is 12.0 Å². The number of piperidine rings is 1. The molecule has 0 spiro atoms. The Morgan fingerprint density at radius 3 is 2.72 bits per heavy atom. The third-order valence-electron chi connectivity index (χ3n) is 3.66. The van der Waals surface area contributed by atoms with Gasteiger partial charge in [-0.05, 0) is 38.9 Å². The summed E-state index contributed by atoms with van der Waals surface area (Å²) in [4.78, 5) is 14.3. The maximum absolute atomic E-state index is 12.1. The van der Waals surface area contributed by atoms with Crippen LogP contribution in [-0.4, -0.2) is 30.4 Å². The van der Waals surface area contributed by atoms with Gasteiger partial charge in [0, 0.05) is 6.54 Å². The van der Waals surface area contributed by atoms with Crippen molar-refractivity contribution in [3.63, 3.8) is 0 Å². The second-order valence-electron chi connectivity index (χ2n) is 5.20. The minimum absolute atomic E-state index is 0.0594. The Labute approximate surface area is 109 Å². The first-order valence-electron chi connectivity index (χ1n) is 6.70. The fraction of sp³-hybridized carbons (Fsp3) is 0.533. The summed E-state index contributed by atoms with van der Waals surface area (Å²) in [6.07, 6.45) is 3.35. The van der Waals surface area contributed by atoms with Crippen LogP contribution in [0, 0.1) is 6.92 Å². The number of hydrogen-bond acceptors (Lipinski definition) is 2. The molecule has 2 rings (SSSR count). The summed E-state index contributed by atoms with van der Waals surface area (Å²) in [5.74, 6) is 0.165. The van der Waals surface area contributed by atoms with Crippen LogP contribution in [0.1, 0.15) is 30.4 Å². The molecule has 1 N–H and O–H groups in total. The van der Waals surface area contributed by atoms with Crippen LogP contribution in [0.3, 0.4) is 0 Å². The molecule has 18 heavy (non-hydrogen) atoms. The zero-order valence-electron chi connectivity index (χ0n) is 11.3. The molecule has 1 aromatic carbocycles. The van der Waals surface area contributed by atoms with Crippen molar-refractivity contribution in [2.75, 3.05) is 13.6 Å². The Hall–Kier alpha value is -1.35. The molecule has 1 heterocycles. The van der Waals surface area contributed by atoms with E-state index in [-0.39, 0.29) is 11.9 Å². The van der Waals surface area contributed by atoms with Crippen molar-refractivity contribution in [3.05, 3.63) is 35.4 Å². The van der Waals surface area contributed by atoms with Crippen LogP contribution in [-0.2, 0) is 11.3 Å². The van der Waals surface area contributed by atoms with E-state index in [1.54, 1.807) is 0 Å². The van der Waals surface area contributed by atoms with Crippen molar-refractivity contribution in [3.8, 4) is 0 Å². The summed E-state index contributed by atoms with van der Waals surface area (Å²) in [7, 11) is 2.04. The van der Waals surface area contributed by atoms with E-state index in [9.17, 15) is 4.79 Å². The first kappa shape index (κ1) is 13.1. The Kier molecular flexibility index (Phi) is 4.37. The van der Waals surface area contributed by atoms with Crippen LogP contribution in [0.5, 0.6) is 0 Å². The van der Waals surface area contributed by atoms with Crippen molar-refractivity contribution in [1.29, 1.82) is 0 Å². The largest absolute Gasteiger partial charge is 0.351 e. The van der Waals surface area contributed by atoms with E-state index in [0.29, 0.717) is 6.54 Å². The Balaban J connectivity index is 1.85. The lowest BCUT2D eigenvalue weighted by molar-refractivity contribution is -0.127. The average Bonchev–Trinajstić information content (AvgIpc) is 2.38. The van der Waals surface area contributed by atoms with Crippen LogP contribution in [0.2, 0.25) is 0 Å². The number of benzene rings is 1. The highest BCUT2D eigenvalue weighted by atomic mass is 16.2. The molecule has 1 fully saturated rings. The van der Waals surface area contributed by atoms with Crippen molar-refractivity contribution in [2.24, 2.45) is 0 Å². The van der Waals surface area contributed by atoms with Gasteiger partial charge in [-0.2, -0.15) is 0 Å². The van der Waals surface area contributed by atoms with Gasteiger partial charge in [0.15, 0.2) is 0 Å². The zero-order valence-corrected chi connectivity index (χ0v) is 11.3. The molecule has 1 unspecified atom stereocenters.